The Morgan fingerprint density at radius 1 is 1.17 bits per heavy atom. The van der Waals surface area contributed by atoms with Crippen LogP contribution in [-0.4, -0.2) is 62.0 Å². The number of nitriles is 1. The highest BCUT2D eigenvalue weighted by Crippen LogP contribution is 2.63. The van der Waals surface area contributed by atoms with Crippen LogP contribution in [0.5, 0.6) is 0 Å². The lowest BCUT2D eigenvalue weighted by Crippen LogP contribution is -2.48. The number of hydrogen-bond donors (Lipinski definition) is 1. The summed E-state index contributed by atoms with van der Waals surface area (Å²) in [6.07, 6.45) is 3.69. The van der Waals surface area contributed by atoms with Crippen molar-refractivity contribution in [1.82, 2.24) is 10.2 Å². The van der Waals surface area contributed by atoms with Gasteiger partial charge in [0.2, 0.25) is 0 Å². The van der Waals surface area contributed by atoms with Gasteiger partial charge in [-0.2, -0.15) is 5.26 Å². The van der Waals surface area contributed by atoms with E-state index in [0.29, 0.717) is 62.5 Å². The van der Waals surface area contributed by atoms with Crippen LogP contribution < -0.4 is 5.32 Å². The first-order valence-electron chi connectivity index (χ1n) is 13.3. The van der Waals surface area contributed by atoms with Gasteiger partial charge in [0.15, 0.2) is 6.10 Å². The number of rotatable bonds is 9. The van der Waals surface area contributed by atoms with Crippen LogP contribution in [0, 0.1) is 34.5 Å². The Hall–Kier alpha value is -2.63. The van der Waals surface area contributed by atoms with Gasteiger partial charge in [0.25, 0.3) is 5.91 Å². The second kappa shape index (κ2) is 12.1. The first kappa shape index (κ1) is 26.4. The Balaban J connectivity index is 1.36. The number of carbonyl (C=O) groups excluding carboxylic acids is 2. The zero-order chi connectivity index (χ0) is 25.5. The average Bonchev–Trinajstić information content (AvgIpc) is 3.70. The number of ether oxygens (including phenoxy) is 3. The minimum Gasteiger partial charge on any atom is -0.436 e. The first-order valence-corrected chi connectivity index (χ1v) is 13.3. The molecule has 196 valence electrons. The van der Waals surface area contributed by atoms with Gasteiger partial charge in [0.1, 0.15) is 6.04 Å². The molecule has 0 radical (unpaired) electrons. The van der Waals surface area contributed by atoms with Crippen LogP contribution in [-0.2, 0) is 25.6 Å². The van der Waals surface area contributed by atoms with E-state index >= 15 is 0 Å². The molecule has 2 saturated carbocycles. The molecule has 4 atom stereocenters. The summed E-state index contributed by atoms with van der Waals surface area (Å²) in [5.41, 5.74) is 1.47. The van der Waals surface area contributed by atoms with E-state index in [1.165, 1.54) is 12.8 Å². The number of nitrogens with zero attached hydrogens (tertiary/aromatic N) is 2. The molecular formula is C28H39N3O5. The van der Waals surface area contributed by atoms with E-state index in [1.807, 2.05) is 30.3 Å². The molecule has 1 heterocycles. The molecule has 3 aliphatic rings. The molecule has 4 rings (SSSR count). The minimum absolute atomic E-state index is 0.0568. The van der Waals surface area contributed by atoms with Crippen LogP contribution in [0.25, 0.3) is 0 Å². The Kier molecular flexibility index (Phi) is 8.86. The van der Waals surface area contributed by atoms with E-state index in [2.05, 4.69) is 25.2 Å². The molecular weight excluding hydrogens is 458 g/mol. The van der Waals surface area contributed by atoms with Gasteiger partial charge in [-0.25, -0.2) is 4.79 Å². The van der Waals surface area contributed by atoms with E-state index in [0.717, 1.165) is 18.4 Å². The van der Waals surface area contributed by atoms with Gasteiger partial charge in [-0.3, -0.25) is 4.79 Å². The number of benzene rings is 1. The zero-order valence-corrected chi connectivity index (χ0v) is 21.5. The summed E-state index contributed by atoms with van der Waals surface area (Å²) in [4.78, 5) is 27.7. The molecule has 1 aliphatic heterocycles. The minimum atomic E-state index is -0.942. The maximum Gasteiger partial charge on any atom is 0.410 e. The molecule has 8 heteroatoms. The number of amides is 2. The second-order valence-electron chi connectivity index (χ2n) is 10.8. The van der Waals surface area contributed by atoms with E-state index in [-0.39, 0.29) is 6.61 Å². The highest BCUT2D eigenvalue weighted by molar-refractivity contribution is 5.84. The van der Waals surface area contributed by atoms with Gasteiger partial charge in [-0.15, -0.1) is 0 Å². The zero-order valence-electron chi connectivity index (χ0n) is 21.5. The van der Waals surface area contributed by atoms with Crippen LogP contribution in [0.1, 0.15) is 51.5 Å². The van der Waals surface area contributed by atoms with Crippen molar-refractivity contribution in [1.29, 1.82) is 5.26 Å². The molecule has 4 unspecified atom stereocenters. The summed E-state index contributed by atoms with van der Waals surface area (Å²) in [5.74, 6) is 1.06. The quantitative estimate of drug-likeness (QED) is 0.555. The monoisotopic (exact) mass is 497 g/mol. The summed E-state index contributed by atoms with van der Waals surface area (Å²) in [7, 11) is 0. The third-order valence-electron chi connectivity index (χ3n) is 8.38. The molecule has 1 saturated heterocycles. The number of carbonyl (C=O) groups is 2. The fraction of sp³-hybridized carbons (Fsp3) is 0.679. The van der Waals surface area contributed by atoms with Gasteiger partial charge >= 0.3 is 6.09 Å². The SMILES string of the molecule is CC1CC(CC(OC(=O)N2CCOCC2)C(=O)NC(C#N)COCc2ccccc2)CC(C)C12CC2. The van der Waals surface area contributed by atoms with Crippen molar-refractivity contribution in [3.05, 3.63) is 35.9 Å². The highest BCUT2D eigenvalue weighted by atomic mass is 16.6. The van der Waals surface area contributed by atoms with Crippen LogP contribution in [0.15, 0.2) is 30.3 Å². The Morgan fingerprint density at radius 2 is 1.83 bits per heavy atom. The van der Waals surface area contributed by atoms with Crippen molar-refractivity contribution in [3.63, 3.8) is 0 Å². The summed E-state index contributed by atoms with van der Waals surface area (Å²) in [6, 6.07) is 10.9. The van der Waals surface area contributed by atoms with Crippen molar-refractivity contribution in [2.75, 3.05) is 32.9 Å². The fourth-order valence-corrected chi connectivity index (χ4v) is 6.07. The highest BCUT2D eigenvalue weighted by Gasteiger charge is 2.54. The van der Waals surface area contributed by atoms with Crippen molar-refractivity contribution in [2.45, 2.75) is 64.7 Å². The summed E-state index contributed by atoms with van der Waals surface area (Å²) < 4.78 is 16.8. The van der Waals surface area contributed by atoms with Crippen LogP contribution in [0.4, 0.5) is 4.79 Å². The van der Waals surface area contributed by atoms with Gasteiger partial charge in [-0.1, -0.05) is 44.2 Å². The molecule has 0 aromatic heterocycles. The lowest BCUT2D eigenvalue weighted by Gasteiger charge is -2.41. The van der Waals surface area contributed by atoms with Crippen molar-refractivity contribution in [3.8, 4) is 6.07 Å². The summed E-state index contributed by atoms with van der Waals surface area (Å²) in [6.45, 7) is 6.86. The number of nitrogens with one attached hydrogen (secondary N) is 1. The van der Waals surface area contributed by atoms with E-state index in [1.54, 1.807) is 4.90 Å². The van der Waals surface area contributed by atoms with E-state index in [4.69, 9.17) is 14.2 Å². The maximum absolute atomic E-state index is 13.3. The third-order valence-corrected chi connectivity index (χ3v) is 8.38. The summed E-state index contributed by atoms with van der Waals surface area (Å²) in [5, 5.41) is 12.4. The van der Waals surface area contributed by atoms with Gasteiger partial charge in [0.05, 0.1) is 32.5 Å². The van der Waals surface area contributed by atoms with Crippen molar-refractivity contribution in [2.24, 2.45) is 23.2 Å². The largest absolute Gasteiger partial charge is 0.436 e. The molecule has 1 spiro atoms. The van der Waals surface area contributed by atoms with Crippen LogP contribution >= 0.6 is 0 Å². The molecule has 3 fully saturated rings. The standard InChI is InChI=1S/C28H39N3O5/c1-20-14-23(15-21(2)28(20)8-9-28)16-25(36-27(33)31-10-12-34-13-11-31)26(32)30-24(17-29)19-35-18-22-6-4-3-5-7-22/h3-7,20-21,23-25H,8-16,18-19H2,1-2H3,(H,30,32). The molecule has 1 N–H and O–H groups in total. The normalized spacial score (nSPS) is 26.5. The van der Waals surface area contributed by atoms with Gasteiger partial charge in [-0.05, 0) is 60.8 Å². The molecule has 2 amide bonds. The maximum atomic E-state index is 13.3. The molecule has 1 aromatic carbocycles. The van der Waals surface area contributed by atoms with Crippen molar-refractivity contribution >= 4 is 12.0 Å². The number of hydrogen-bond acceptors (Lipinski definition) is 6. The molecule has 2 aliphatic carbocycles. The van der Waals surface area contributed by atoms with Gasteiger partial charge < -0.3 is 24.4 Å². The van der Waals surface area contributed by atoms with Gasteiger partial charge in [0, 0.05) is 13.1 Å². The number of morpholine rings is 1. The molecule has 0 bridgehead atoms. The predicted octanol–water partition coefficient (Wildman–Crippen LogP) is 3.90. The molecule has 36 heavy (non-hydrogen) atoms. The predicted molar refractivity (Wildman–Crippen MR) is 134 cm³/mol. The molecule has 8 nitrogen and oxygen atoms in total. The fourth-order valence-electron chi connectivity index (χ4n) is 6.07. The molecule has 1 aromatic rings. The first-order chi connectivity index (χ1) is 17.4. The Bertz CT molecular complexity index is 909. The second-order valence-corrected chi connectivity index (χ2v) is 10.8. The topological polar surface area (TPSA) is 101 Å². The van der Waals surface area contributed by atoms with Crippen LogP contribution in [0.2, 0.25) is 0 Å². The van der Waals surface area contributed by atoms with Crippen molar-refractivity contribution < 1.29 is 23.8 Å². The lowest BCUT2D eigenvalue weighted by molar-refractivity contribution is -0.132. The Morgan fingerprint density at radius 3 is 2.44 bits per heavy atom. The van der Waals surface area contributed by atoms with E-state index in [9.17, 15) is 14.9 Å². The Labute approximate surface area is 214 Å². The summed E-state index contributed by atoms with van der Waals surface area (Å²) >= 11 is 0. The average molecular weight is 498 g/mol. The lowest BCUT2D eigenvalue weighted by atomic mass is 9.65. The van der Waals surface area contributed by atoms with Crippen LogP contribution in [0.3, 0.4) is 0 Å². The van der Waals surface area contributed by atoms with E-state index < -0.39 is 24.1 Å². The smallest absolute Gasteiger partial charge is 0.410 e. The third kappa shape index (κ3) is 6.57.